The molecule has 0 saturated heterocycles. The van der Waals surface area contributed by atoms with E-state index in [1.165, 1.54) is 11.1 Å². The van der Waals surface area contributed by atoms with Crippen molar-refractivity contribution in [2.75, 3.05) is 19.4 Å². The van der Waals surface area contributed by atoms with Crippen LogP contribution in [0.5, 0.6) is 0 Å². The third-order valence-corrected chi connectivity index (χ3v) is 2.59. The highest BCUT2D eigenvalue weighted by Crippen LogP contribution is 2.10. The number of carbonyl (C=O) groups excluding carboxylic acids is 2. The lowest BCUT2D eigenvalue weighted by Gasteiger charge is -2.13. The summed E-state index contributed by atoms with van der Waals surface area (Å²) in [6, 6.07) is 2.63. The molecule has 6 nitrogen and oxygen atoms in total. The molecule has 0 spiro atoms. The van der Waals surface area contributed by atoms with E-state index in [4.69, 9.17) is 5.73 Å². The summed E-state index contributed by atoms with van der Waals surface area (Å²) in [5.74, 6) is -0.467. The SMILES string of the molecule is CCCC(N)C(=O)Nc1ccnc(C(=O)N(C)C)c1. The Morgan fingerprint density at radius 1 is 1.47 bits per heavy atom. The minimum absolute atomic E-state index is 0.214. The van der Waals surface area contributed by atoms with Gasteiger partial charge in [-0.3, -0.25) is 14.6 Å². The van der Waals surface area contributed by atoms with Crippen molar-refractivity contribution in [1.82, 2.24) is 9.88 Å². The topological polar surface area (TPSA) is 88.3 Å². The molecule has 1 atom stereocenters. The number of anilines is 1. The highest BCUT2D eigenvalue weighted by atomic mass is 16.2. The fraction of sp³-hybridized carbons (Fsp3) is 0.462. The van der Waals surface area contributed by atoms with Crippen LogP contribution in [-0.4, -0.2) is 41.8 Å². The predicted octanol–water partition coefficient (Wildman–Crippen LogP) is 0.849. The Balaban J connectivity index is 2.77. The first kappa shape index (κ1) is 15.1. The first-order valence-electron chi connectivity index (χ1n) is 6.19. The van der Waals surface area contributed by atoms with Gasteiger partial charge in [-0.2, -0.15) is 0 Å². The zero-order valence-corrected chi connectivity index (χ0v) is 11.5. The molecule has 19 heavy (non-hydrogen) atoms. The molecule has 3 N–H and O–H groups in total. The Bertz CT molecular complexity index is 460. The minimum Gasteiger partial charge on any atom is -0.343 e. The summed E-state index contributed by atoms with van der Waals surface area (Å²) in [4.78, 5) is 28.9. The molecule has 0 fully saturated rings. The van der Waals surface area contributed by atoms with Crippen LogP contribution in [0, 0.1) is 0 Å². The number of nitrogens with one attached hydrogen (secondary N) is 1. The van der Waals surface area contributed by atoms with E-state index in [2.05, 4.69) is 10.3 Å². The van der Waals surface area contributed by atoms with Crippen LogP contribution >= 0.6 is 0 Å². The zero-order chi connectivity index (χ0) is 14.4. The Morgan fingerprint density at radius 3 is 2.74 bits per heavy atom. The Hall–Kier alpha value is -1.95. The number of nitrogens with zero attached hydrogens (tertiary/aromatic N) is 2. The second-order valence-corrected chi connectivity index (χ2v) is 4.51. The number of hydrogen-bond acceptors (Lipinski definition) is 4. The van der Waals surface area contributed by atoms with E-state index in [0.29, 0.717) is 12.1 Å². The smallest absolute Gasteiger partial charge is 0.272 e. The molecule has 0 radical (unpaired) electrons. The van der Waals surface area contributed by atoms with Crippen LogP contribution in [-0.2, 0) is 4.79 Å². The molecule has 1 unspecified atom stereocenters. The van der Waals surface area contributed by atoms with Gasteiger partial charge in [-0.05, 0) is 18.6 Å². The molecule has 1 rings (SSSR count). The van der Waals surface area contributed by atoms with E-state index in [1.54, 1.807) is 26.2 Å². The van der Waals surface area contributed by atoms with Crippen LogP contribution < -0.4 is 11.1 Å². The summed E-state index contributed by atoms with van der Waals surface area (Å²) >= 11 is 0. The summed E-state index contributed by atoms with van der Waals surface area (Å²) in [5.41, 5.74) is 6.53. The third kappa shape index (κ3) is 4.33. The number of carbonyl (C=O) groups is 2. The maximum Gasteiger partial charge on any atom is 0.272 e. The lowest BCUT2D eigenvalue weighted by molar-refractivity contribution is -0.117. The van der Waals surface area contributed by atoms with Crippen molar-refractivity contribution in [1.29, 1.82) is 0 Å². The fourth-order valence-corrected chi connectivity index (χ4v) is 1.53. The van der Waals surface area contributed by atoms with Crippen molar-refractivity contribution < 1.29 is 9.59 Å². The minimum atomic E-state index is -0.536. The highest BCUT2D eigenvalue weighted by molar-refractivity contribution is 5.97. The van der Waals surface area contributed by atoms with Crippen molar-refractivity contribution in [2.24, 2.45) is 5.73 Å². The van der Waals surface area contributed by atoms with Gasteiger partial charge in [-0.1, -0.05) is 13.3 Å². The van der Waals surface area contributed by atoms with Crippen LogP contribution in [0.15, 0.2) is 18.3 Å². The van der Waals surface area contributed by atoms with Crippen LogP contribution in [0.25, 0.3) is 0 Å². The van der Waals surface area contributed by atoms with E-state index < -0.39 is 6.04 Å². The maximum absolute atomic E-state index is 11.8. The van der Waals surface area contributed by atoms with Gasteiger partial charge >= 0.3 is 0 Å². The second-order valence-electron chi connectivity index (χ2n) is 4.51. The molecule has 2 amide bonds. The predicted molar refractivity (Wildman–Crippen MR) is 73.8 cm³/mol. The molecule has 6 heteroatoms. The summed E-state index contributed by atoms with van der Waals surface area (Å²) in [6.07, 6.45) is 2.95. The lowest BCUT2D eigenvalue weighted by atomic mass is 10.1. The van der Waals surface area contributed by atoms with Crippen LogP contribution in [0.1, 0.15) is 30.3 Å². The maximum atomic E-state index is 11.8. The van der Waals surface area contributed by atoms with Crippen molar-refractivity contribution in [3.05, 3.63) is 24.0 Å². The van der Waals surface area contributed by atoms with E-state index in [9.17, 15) is 9.59 Å². The third-order valence-electron chi connectivity index (χ3n) is 2.59. The van der Waals surface area contributed by atoms with E-state index in [0.717, 1.165) is 6.42 Å². The van der Waals surface area contributed by atoms with Crippen molar-refractivity contribution >= 4 is 17.5 Å². The summed E-state index contributed by atoms with van der Waals surface area (Å²) in [7, 11) is 3.29. The van der Waals surface area contributed by atoms with Gasteiger partial charge in [-0.15, -0.1) is 0 Å². The zero-order valence-electron chi connectivity index (χ0n) is 11.5. The first-order valence-corrected chi connectivity index (χ1v) is 6.19. The first-order chi connectivity index (χ1) is 8.95. The normalized spacial score (nSPS) is 11.8. The molecule has 0 aromatic carbocycles. The van der Waals surface area contributed by atoms with Crippen molar-refractivity contribution in [3.8, 4) is 0 Å². The van der Waals surface area contributed by atoms with Gasteiger partial charge in [-0.25, -0.2) is 0 Å². The standard InChI is InChI=1S/C13H20N4O2/c1-4-5-10(14)12(18)16-9-6-7-15-11(8-9)13(19)17(2)3/h6-8,10H,4-5,14H2,1-3H3,(H,15,16,18). The Morgan fingerprint density at radius 2 is 2.16 bits per heavy atom. The van der Waals surface area contributed by atoms with Gasteiger partial charge in [0, 0.05) is 26.0 Å². The van der Waals surface area contributed by atoms with Gasteiger partial charge in [0.2, 0.25) is 5.91 Å². The lowest BCUT2D eigenvalue weighted by Crippen LogP contribution is -2.35. The molecule has 0 aliphatic rings. The van der Waals surface area contributed by atoms with Crippen LogP contribution in [0.3, 0.4) is 0 Å². The van der Waals surface area contributed by atoms with E-state index in [-0.39, 0.29) is 17.5 Å². The average Bonchev–Trinajstić information content (AvgIpc) is 2.38. The number of amides is 2. The number of rotatable bonds is 5. The monoisotopic (exact) mass is 264 g/mol. The van der Waals surface area contributed by atoms with Crippen molar-refractivity contribution in [2.45, 2.75) is 25.8 Å². The highest BCUT2D eigenvalue weighted by Gasteiger charge is 2.14. The van der Waals surface area contributed by atoms with Crippen LogP contribution in [0.4, 0.5) is 5.69 Å². The van der Waals surface area contributed by atoms with Crippen molar-refractivity contribution in [3.63, 3.8) is 0 Å². The number of hydrogen-bond donors (Lipinski definition) is 2. The van der Waals surface area contributed by atoms with Gasteiger partial charge in [0.25, 0.3) is 5.91 Å². The Kier molecular flexibility index (Phi) is 5.44. The Labute approximate surface area is 113 Å². The molecule has 1 aromatic heterocycles. The summed E-state index contributed by atoms with van der Waals surface area (Å²) in [6.45, 7) is 1.97. The molecular weight excluding hydrogens is 244 g/mol. The second kappa shape index (κ2) is 6.84. The number of pyridine rings is 1. The van der Waals surface area contributed by atoms with E-state index in [1.807, 2.05) is 6.92 Å². The quantitative estimate of drug-likeness (QED) is 0.825. The molecule has 1 aromatic rings. The molecule has 0 aliphatic carbocycles. The van der Waals surface area contributed by atoms with Gasteiger partial charge in [0.15, 0.2) is 0 Å². The summed E-state index contributed by atoms with van der Waals surface area (Å²) in [5, 5.41) is 2.69. The molecule has 0 bridgehead atoms. The molecular formula is C13H20N4O2. The summed E-state index contributed by atoms with van der Waals surface area (Å²) < 4.78 is 0. The fourth-order valence-electron chi connectivity index (χ4n) is 1.53. The molecule has 104 valence electrons. The molecule has 0 saturated carbocycles. The average molecular weight is 264 g/mol. The molecule has 0 aliphatic heterocycles. The van der Waals surface area contributed by atoms with Gasteiger partial charge in [0.05, 0.1) is 6.04 Å². The van der Waals surface area contributed by atoms with E-state index >= 15 is 0 Å². The molecule has 1 heterocycles. The van der Waals surface area contributed by atoms with Gasteiger partial charge in [0.1, 0.15) is 5.69 Å². The largest absolute Gasteiger partial charge is 0.343 e. The number of aromatic nitrogens is 1. The van der Waals surface area contributed by atoms with Gasteiger partial charge < -0.3 is 16.0 Å². The number of nitrogens with two attached hydrogens (primary N) is 1. The van der Waals surface area contributed by atoms with Crippen LogP contribution in [0.2, 0.25) is 0 Å².